The van der Waals surface area contributed by atoms with Crippen LogP contribution in [0.25, 0.3) is 0 Å². The van der Waals surface area contributed by atoms with Gasteiger partial charge in [-0.25, -0.2) is 22.8 Å². The van der Waals surface area contributed by atoms with Crippen molar-refractivity contribution in [3.8, 4) is 5.75 Å². The molecule has 8 nitrogen and oxygen atoms in total. The minimum atomic E-state index is -3.19. The number of hydrogen-bond donors (Lipinski definition) is 0. The number of anilines is 1. The number of fused-ring (bicyclic) bond motifs is 1. The van der Waals surface area contributed by atoms with Crippen molar-refractivity contribution in [2.24, 2.45) is 4.99 Å². The lowest BCUT2D eigenvalue weighted by atomic mass is 10.0. The zero-order valence-electron chi connectivity index (χ0n) is 17.9. The minimum absolute atomic E-state index is 0.104. The van der Waals surface area contributed by atoms with E-state index in [9.17, 15) is 12.8 Å². The molecule has 0 N–H and O–H groups in total. The van der Waals surface area contributed by atoms with E-state index >= 15 is 0 Å². The van der Waals surface area contributed by atoms with E-state index in [0.717, 1.165) is 16.9 Å². The predicted octanol–water partition coefficient (Wildman–Crippen LogP) is 2.23. The van der Waals surface area contributed by atoms with Crippen LogP contribution in [0.15, 0.2) is 29.5 Å². The number of benzene rings is 1. The number of aromatic nitrogens is 2. The number of rotatable bonds is 6. The van der Waals surface area contributed by atoms with Gasteiger partial charge in [0.15, 0.2) is 11.6 Å². The average Bonchev–Trinajstić information content (AvgIpc) is 3.16. The molecule has 0 bridgehead atoms. The largest absolute Gasteiger partial charge is 0.488 e. The van der Waals surface area contributed by atoms with E-state index < -0.39 is 15.8 Å². The van der Waals surface area contributed by atoms with Crippen molar-refractivity contribution < 1.29 is 17.5 Å². The van der Waals surface area contributed by atoms with Gasteiger partial charge >= 0.3 is 0 Å². The highest BCUT2D eigenvalue weighted by atomic mass is 32.2. The number of ether oxygens (including phenoxy) is 1. The summed E-state index contributed by atoms with van der Waals surface area (Å²) >= 11 is 0. The Morgan fingerprint density at radius 2 is 1.87 bits per heavy atom. The second-order valence-electron chi connectivity index (χ2n) is 7.82. The lowest BCUT2D eigenvalue weighted by molar-refractivity contribution is 0.231. The molecule has 1 aromatic carbocycles. The molecule has 2 aliphatic rings. The molecule has 0 spiro atoms. The third kappa shape index (κ3) is 4.40. The second-order valence-corrected chi connectivity index (χ2v) is 10.1. The van der Waals surface area contributed by atoms with Gasteiger partial charge < -0.3 is 9.64 Å². The number of hydrogen-bond acceptors (Lipinski definition) is 7. The van der Waals surface area contributed by atoms with E-state index in [-0.39, 0.29) is 17.6 Å². The van der Waals surface area contributed by atoms with Crippen LogP contribution in [0.1, 0.15) is 37.6 Å². The van der Waals surface area contributed by atoms with Crippen molar-refractivity contribution in [3.63, 3.8) is 0 Å². The van der Waals surface area contributed by atoms with Crippen LogP contribution in [-0.2, 0) is 16.6 Å². The number of nitrogens with zero attached hydrogens (tertiary/aromatic N) is 5. The van der Waals surface area contributed by atoms with Gasteiger partial charge in [0.2, 0.25) is 10.0 Å². The Balaban J connectivity index is 1.56. The first kappa shape index (κ1) is 21.6. The molecule has 1 saturated heterocycles. The van der Waals surface area contributed by atoms with Crippen LogP contribution in [0.2, 0.25) is 0 Å². The summed E-state index contributed by atoms with van der Waals surface area (Å²) in [7, 11) is -3.19. The number of halogens is 1. The molecule has 0 aliphatic carbocycles. The summed E-state index contributed by atoms with van der Waals surface area (Å²) in [6.45, 7) is 7.70. The van der Waals surface area contributed by atoms with Crippen LogP contribution in [0.4, 0.5) is 10.2 Å². The zero-order chi connectivity index (χ0) is 22.2. The van der Waals surface area contributed by atoms with Crippen LogP contribution in [-0.4, -0.2) is 66.4 Å². The van der Waals surface area contributed by atoms with Crippen molar-refractivity contribution in [2.75, 3.05) is 36.8 Å². The van der Waals surface area contributed by atoms with Crippen molar-refractivity contribution in [2.45, 2.75) is 33.4 Å². The molecule has 2 aliphatic heterocycles. The van der Waals surface area contributed by atoms with Gasteiger partial charge in [-0.3, -0.25) is 4.99 Å². The Bertz CT molecular complexity index is 1110. The summed E-state index contributed by atoms with van der Waals surface area (Å²) in [6, 6.07) is 5.01. The summed E-state index contributed by atoms with van der Waals surface area (Å²) in [6.07, 6.45) is 1.34. The maximum Gasteiger partial charge on any atom is 0.213 e. The van der Waals surface area contributed by atoms with Crippen molar-refractivity contribution in [1.82, 2.24) is 14.3 Å². The second kappa shape index (κ2) is 8.51. The molecule has 0 saturated carbocycles. The Kier molecular flexibility index (Phi) is 5.94. The van der Waals surface area contributed by atoms with Crippen LogP contribution in [0.3, 0.4) is 0 Å². The van der Waals surface area contributed by atoms with Crippen LogP contribution in [0, 0.1) is 5.82 Å². The fourth-order valence-electron chi connectivity index (χ4n) is 3.79. The molecule has 31 heavy (non-hydrogen) atoms. The molecule has 1 fully saturated rings. The lowest BCUT2D eigenvalue weighted by Gasteiger charge is -2.34. The summed E-state index contributed by atoms with van der Waals surface area (Å²) < 4.78 is 45.6. The molecule has 3 heterocycles. The first-order valence-corrected chi connectivity index (χ1v) is 12.0. The van der Waals surface area contributed by atoms with Crippen LogP contribution < -0.4 is 9.64 Å². The first-order chi connectivity index (χ1) is 14.8. The van der Waals surface area contributed by atoms with E-state index in [0.29, 0.717) is 44.1 Å². The Hall–Kier alpha value is -2.59. The Labute approximate surface area is 181 Å². The summed E-state index contributed by atoms with van der Waals surface area (Å²) in [5, 5.41) is 0. The van der Waals surface area contributed by atoms with Crippen molar-refractivity contribution in [1.29, 1.82) is 0 Å². The molecule has 4 rings (SSSR count). The van der Waals surface area contributed by atoms with Crippen LogP contribution >= 0.6 is 0 Å². The standard InChI is InChI=1S/C21H26FN5O3S/c1-4-31(28,29)27-7-5-26(6-8-27)20-11-18(24-13-25-20)21-16-10-19(30-14(2)3)17(22)9-15(16)12-23-21/h9-11,13-14H,4-8,12H2,1-3H3. The number of sulfonamides is 1. The normalized spacial score (nSPS) is 17.1. The summed E-state index contributed by atoms with van der Waals surface area (Å²) in [5.74, 6) is 0.626. The van der Waals surface area contributed by atoms with Gasteiger partial charge in [-0.1, -0.05) is 0 Å². The molecule has 2 aromatic rings. The summed E-state index contributed by atoms with van der Waals surface area (Å²) in [4.78, 5) is 15.4. The molecule has 0 radical (unpaired) electrons. The highest BCUT2D eigenvalue weighted by Gasteiger charge is 2.27. The van der Waals surface area contributed by atoms with Gasteiger partial charge in [0.05, 0.1) is 29.8 Å². The third-order valence-electron chi connectivity index (χ3n) is 5.40. The molecule has 1 aromatic heterocycles. The Morgan fingerprint density at radius 3 is 2.55 bits per heavy atom. The average molecular weight is 448 g/mol. The highest BCUT2D eigenvalue weighted by Crippen LogP contribution is 2.30. The predicted molar refractivity (Wildman–Crippen MR) is 117 cm³/mol. The molecular formula is C21H26FN5O3S. The van der Waals surface area contributed by atoms with E-state index in [1.165, 1.54) is 16.7 Å². The summed E-state index contributed by atoms with van der Waals surface area (Å²) in [5.41, 5.74) is 2.93. The topological polar surface area (TPSA) is 88.0 Å². The Morgan fingerprint density at radius 1 is 1.13 bits per heavy atom. The number of piperazine rings is 1. The van der Waals surface area contributed by atoms with Crippen LogP contribution in [0.5, 0.6) is 5.75 Å². The van der Waals surface area contributed by atoms with Gasteiger partial charge in [0.1, 0.15) is 12.1 Å². The lowest BCUT2D eigenvalue weighted by Crippen LogP contribution is -2.49. The zero-order valence-corrected chi connectivity index (χ0v) is 18.7. The molecule has 0 amide bonds. The van der Waals surface area contributed by atoms with Crippen molar-refractivity contribution >= 4 is 21.6 Å². The van der Waals surface area contributed by atoms with E-state index in [2.05, 4.69) is 15.0 Å². The van der Waals surface area contributed by atoms with Gasteiger partial charge in [-0.2, -0.15) is 4.31 Å². The fraction of sp³-hybridized carbons (Fsp3) is 0.476. The fourth-order valence-corrected chi connectivity index (χ4v) is 4.87. The monoisotopic (exact) mass is 447 g/mol. The van der Waals surface area contributed by atoms with Crippen molar-refractivity contribution in [3.05, 3.63) is 47.2 Å². The van der Waals surface area contributed by atoms with Gasteiger partial charge in [-0.05, 0) is 38.5 Å². The first-order valence-electron chi connectivity index (χ1n) is 10.4. The molecule has 0 atom stereocenters. The molecule has 166 valence electrons. The van der Waals surface area contributed by atoms with Gasteiger partial charge in [0, 0.05) is 37.8 Å². The van der Waals surface area contributed by atoms with E-state index in [1.54, 1.807) is 13.0 Å². The third-order valence-corrected chi connectivity index (χ3v) is 7.28. The van der Waals surface area contributed by atoms with E-state index in [1.807, 2.05) is 24.8 Å². The quantitative estimate of drug-likeness (QED) is 0.675. The maximum atomic E-state index is 14.3. The van der Waals surface area contributed by atoms with Gasteiger partial charge in [-0.15, -0.1) is 0 Å². The minimum Gasteiger partial charge on any atom is -0.488 e. The highest BCUT2D eigenvalue weighted by molar-refractivity contribution is 7.89. The number of aliphatic imine (C=N–C) groups is 1. The maximum absolute atomic E-state index is 14.3. The SMILES string of the molecule is CCS(=O)(=O)N1CCN(c2cc(C3=NCc4cc(F)c(OC(C)C)cc43)ncn2)CC1. The molecule has 10 heteroatoms. The smallest absolute Gasteiger partial charge is 0.213 e. The molecule has 0 unspecified atom stereocenters. The van der Waals surface area contributed by atoms with E-state index in [4.69, 9.17) is 4.74 Å². The molecular weight excluding hydrogens is 421 g/mol. The van der Waals surface area contributed by atoms with Gasteiger partial charge in [0.25, 0.3) is 0 Å².